The second-order valence-corrected chi connectivity index (χ2v) is 2.97. The molecule has 1 nitrogen and oxygen atoms in total. The average molecular weight is 225 g/mol. The van der Waals surface area contributed by atoms with Gasteiger partial charge in [-0.1, -0.05) is 0 Å². The van der Waals surface area contributed by atoms with Crippen LogP contribution in [0.4, 0.5) is 22.0 Å². The van der Waals surface area contributed by atoms with E-state index in [2.05, 4.69) is 0 Å². The Kier molecular flexibility index (Phi) is 3.28. The molecule has 0 heterocycles. The average Bonchev–Trinajstić information content (AvgIpc) is 1.99. The first-order valence-electron chi connectivity index (χ1n) is 4.04. The monoisotopic (exact) mass is 225 g/mol. The second-order valence-electron chi connectivity index (χ2n) is 2.97. The van der Waals surface area contributed by atoms with Gasteiger partial charge in [0, 0.05) is 6.07 Å². The zero-order valence-corrected chi connectivity index (χ0v) is 7.70. The number of rotatable bonds is 2. The fourth-order valence-electron chi connectivity index (χ4n) is 1.26. The van der Waals surface area contributed by atoms with Crippen LogP contribution in [0, 0.1) is 11.6 Å². The van der Waals surface area contributed by atoms with Crippen LogP contribution in [0.3, 0.4) is 0 Å². The molecule has 1 aromatic carbocycles. The molecule has 1 atom stereocenters. The summed E-state index contributed by atoms with van der Waals surface area (Å²) in [5.74, 6) is -2.07. The van der Waals surface area contributed by atoms with E-state index in [0.717, 1.165) is 7.05 Å². The minimum atomic E-state index is -4.59. The van der Waals surface area contributed by atoms with Crippen LogP contribution < -0.4 is 5.32 Å². The van der Waals surface area contributed by atoms with E-state index in [-0.39, 0.29) is 0 Å². The van der Waals surface area contributed by atoms with Gasteiger partial charge in [0.25, 0.3) is 0 Å². The van der Waals surface area contributed by atoms with Gasteiger partial charge < -0.3 is 5.32 Å². The van der Waals surface area contributed by atoms with Gasteiger partial charge in [-0.05, 0) is 24.7 Å². The topological polar surface area (TPSA) is 12.0 Å². The van der Waals surface area contributed by atoms with Crippen LogP contribution in [0.1, 0.15) is 11.6 Å². The molecule has 1 aromatic rings. The van der Waals surface area contributed by atoms with Crippen LogP contribution in [0.5, 0.6) is 0 Å². The van der Waals surface area contributed by atoms with Crippen molar-refractivity contribution < 1.29 is 22.0 Å². The van der Waals surface area contributed by atoms with E-state index in [4.69, 9.17) is 0 Å². The van der Waals surface area contributed by atoms with E-state index >= 15 is 0 Å². The number of hydrogen-bond acceptors (Lipinski definition) is 1. The van der Waals surface area contributed by atoms with Gasteiger partial charge in [0.15, 0.2) is 0 Å². The molecule has 1 unspecified atom stereocenters. The van der Waals surface area contributed by atoms with Crippen LogP contribution in [0.25, 0.3) is 0 Å². The molecular weight excluding hydrogens is 217 g/mol. The van der Waals surface area contributed by atoms with Gasteiger partial charge in [-0.3, -0.25) is 0 Å². The Labute approximate surface area is 82.9 Å². The molecule has 1 N–H and O–H groups in total. The third-order valence-corrected chi connectivity index (χ3v) is 1.83. The maximum Gasteiger partial charge on any atom is 0.407 e. The van der Waals surface area contributed by atoms with E-state index in [1.807, 2.05) is 5.32 Å². The summed E-state index contributed by atoms with van der Waals surface area (Å²) in [5.41, 5.74) is -0.484. The van der Waals surface area contributed by atoms with E-state index in [1.165, 1.54) is 0 Å². The van der Waals surface area contributed by atoms with E-state index < -0.39 is 29.4 Å². The molecular formula is C9H8F5N. The lowest BCUT2D eigenvalue weighted by molar-refractivity contribution is -0.156. The minimum Gasteiger partial charge on any atom is -0.306 e. The van der Waals surface area contributed by atoms with Crippen molar-refractivity contribution in [1.82, 2.24) is 5.32 Å². The van der Waals surface area contributed by atoms with E-state index in [0.29, 0.717) is 18.2 Å². The quantitative estimate of drug-likeness (QED) is 0.763. The molecule has 0 amide bonds. The Morgan fingerprint density at radius 2 is 1.53 bits per heavy atom. The maximum absolute atomic E-state index is 12.7. The Morgan fingerprint density at radius 3 is 1.87 bits per heavy atom. The van der Waals surface area contributed by atoms with Gasteiger partial charge >= 0.3 is 6.18 Å². The molecule has 84 valence electrons. The molecule has 0 aliphatic rings. The summed E-state index contributed by atoms with van der Waals surface area (Å²) < 4.78 is 62.4. The Bertz CT molecular complexity index is 327. The van der Waals surface area contributed by atoms with E-state index in [1.54, 1.807) is 0 Å². The summed E-state index contributed by atoms with van der Waals surface area (Å²) in [6.45, 7) is 0. The highest BCUT2D eigenvalue weighted by Gasteiger charge is 2.40. The van der Waals surface area contributed by atoms with Crippen LogP contribution >= 0.6 is 0 Å². The van der Waals surface area contributed by atoms with Gasteiger partial charge in [0.2, 0.25) is 0 Å². The third-order valence-electron chi connectivity index (χ3n) is 1.83. The highest BCUT2D eigenvalue weighted by molar-refractivity contribution is 5.22. The van der Waals surface area contributed by atoms with Crippen molar-refractivity contribution in [3.05, 3.63) is 35.4 Å². The predicted octanol–water partition coefficient (Wildman–Crippen LogP) is 2.79. The fraction of sp³-hybridized carbons (Fsp3) is 0.333. The lowest BCUT2D eigenvalue weighted by atomic mass is 10.1. The SMILES string of the molecule is CNC(c1cc(F)cc(F)c1)C(F)(F)F. The number of halogens is 5. The molecule has 0 aromatic heterocycles. The molecule has 0 radical (unpaired) electrons. The van der Waals surface area contributed by atoms with Gasteiger partial charge in [0.1, 0.15) is 17.7 Å². The maximum atomic E-state index is 12.7. The minimum absolute atomic E-state index is 0.484. The van der Waals surface area contributed by atoms with E-state index in [9.17, 15) is 22.0 Å². The third kappa shape index (κ3) is 2.89. The molecule has 0 spiro atoms. The van der Waals surface area contributed by atoms with Crippen molar-refractivity contribution in [2.75, 3.05) is 7.05 Å². The number of hydrogen-bond donors (Lipinski definition) is 1. The van der Waals surface area contributed by atoms with Crippen molar-refractivity contribution in [2.45, 2.75) is 12.2 Å². The van der Waals surface area contributed by atoms with Crippen molar-refractivity contribution >= 4 is 0 Å². The van der Waals surface area contributed by atoms with Crippen LogP contribution in [-0.2, 0) is 0 Å². The van der Waals surface area contributed by atoms with Gasteiger partial charge in [-0.2, -0.15) is 13.2 Å². The zero-order chi connectivity index (χ0) is 11.6. The standard InChI is InChI=1S/C9H8F5N/c1-15-8(9(12,13)14)5-2-6(10)4-7(11)3-5/h2-4,8,15H,1H3. The van der Waals surface area contributed by atoms with Crippen molar-refractivity contribution in [3.63, 3.8) is 0 Å². The summed E-state index contributed by atoms with van der Waals surface area (Å²) in [6, 6.07) is -0.245. The van der Waals surface area contributed by atoms with Crippen LogP contribution in [-0.4, -0.2) is 13.2 Å². The Balaban J connectivity index is 3.13. The predicted molar refractivity (Wildman–Crippen MR) is 44.2 cm³/mol. The fourth-order valence-corrected chi connectivity index (χ4v) is 1.26. The summed E-state index contributed by atoms with van der Waals surface area (Å²) >= 11 is 0. The second kappa shape index (κ2) is 4.14. The summed E-state index contributed by atoms with van der Waals surface area (Å²) in [5, 5.41) is 1.95. The van der Waals surface area contributed by atoms with Crippen molar-refractivity contribution in [2.24, 2.45) is 0 Å². The first-order chi connectivity index (χ1) is 6.84. The van der Waals surface area contributed by atoms with Crippen molar-refractivity contribution in [1.29, 1.82) is 0 Å². The molecule has 0 saturated carbocycles. The van der Waals surface area contributed by atoms with Gasteiger partial charge in [0.05, 0.1) is 0 Å². The Hall–Kier alpha value is -1.17. The normalized spacial score (nSPS) is 14.0. The molecule has 0 aliphatic heterocycles. The Morgan fingerprint density at radius 1 is 1.07 bits per heavy atom. The molecule has 1 rings (SSSR count). The first-order valence-corrected chi connectivity index (χ1v) is 4.04. The highest BCUT2D eigenvalue weighted by Crippen LogP contribution is 2.32. The summed E-state index contributed by atoms with van der Waals surface area (Å²) in [7, 11) is 1.07. The molecule has 0 fully saturated rings. The summed E-state index contributed by atoms with van der Waals surface area (Å²) in [6.07, 6.45) is -4.59. The van der Waals surface area contributed by atoms with Gasteiger partial charge in [-0.15, -0.1) is 0 Å². The number of nitrogens with one attached hydrogen (secondary N) is 1. The number of alkyl halides is 3. The smallest absolute Gasteiger partial charge is 0.306 e. The summed E-state index contributed by atoms with van der Waals surface area (Å²) in [4.78, 5) is 0. The first kappa shape index (κ1) is 11.9. The van der Waals surface area contributed by atoms with Crippen molar-refractivity contribution in [3.8, 4) is 0 Å². The van der Waals surface area contributed by atoms with Crippen LogP contribution in [0.2, 0.25) is 0 Å². The lowest BCUT2D eigenvalue weighted by Crippen LogP contribution is -2.31. The molecule has 0 bridgehead atoms. The lowest BCUT2D eigenvalue weighted by Gasteiger charge is -2.19. The van der Waals surface area contributed by atoms with Gasteiger partial charge in [-0.25, -0.2) is 8.78 Å². The molecule has 15 heavy (non-hydrogen) atoms. The molecule has 0 saturated heterocycles. The largest absolute Gasteiger partial charge is 0.407 e. The molecule has 0 aliphatic carbocycles. The zero-order valence-electron chi connectivity index (χ0n) is 7.70. The van der Waals surface area contributed by atoms with Crippen LogP contribution in [0.15, 0.2) is 18.2 Å². The number of benzene rings is 1. The molecule has 6 heteroatoms. The highest BCUT2D eigenvalue weighted by atomic mass is 19.4.